The highest BCUT2D eigenvalue weighted by molar-refractivity contribution is 5.84. The average molecular weight is 232 g/mol. The summed E-state index contributed by atoms with van der Waals surface area (Å²) in [5, 5.41) is 0. The fourth-order valence-electron chi connectivity index (χ4n) is 1.68. The molecule has 0 aliphatic carbocycles. The predicted molar refractivity (Wildman–Crippen MR) is 70.2 cm³/mol. The largest absolute Gasteiger partial charge is 0.423 e. The number of aryl methyl sites for hydroxylation is 1. The van der Waals surface area contributed by atoms with E-state index in [0.29, 0.717) is 5.75 Å². The molecule has 0 unspecified atom stereocenters. The number of ether oxygens (including phenoxy) is 1. The molecular formula is C15H20O2. The lowest BCUT2D eigenvalue weighted by Gasteiger charge is -2.10. The van der Waals surface area contributed by atoms with Gasteiger partial charge in [-0.1, -0.05) is 31.1 Å². The van der Waals surface area contributed by atoms with Crippen molar-refractivity contribution in [2.75, 3.05) is 0 Å². The van der Waals surface area contributed by atoms with Crippen LogP contribution in [0.2, 0.25) is 0 Å². The van der Waals surface area contributed by atoms with Gasteiger partial charge in [-0.3, -0.25) is 0 Å². The highest BCUT2D eigenvalue weighted by Crippen LogP contribution is 2.22. The molecule has 17 heavy (non-hydrogen) atoms. The first kappa shape index (κ1) is 13.5. The number of carbonyl (C=O) groups is 1. The summed E-state index contributed by atoms with van der Waals surface area (Å²) in [6.45, 7) is 7.89. The zero-order valence-corrected chi connectivity index (χ0v) is 11.0. The molecule has 0 bridgehead atoms. The highest BCUT2D eigenvalue weighted by atomic mass is 16.5. The Morgan fingerprint density at radius 3 is 2.65 bits per heavy atom. The molecule has 0 heterocycles. The van der Waals surface area contributed by atoms with Gasteiger partial charge < -0.3 is 4.74 Å². The first-order chi connectivity index (χ1) is 8.04. The molecule has 0 amide bonds. The number of hydrogen-bond acceptors (Lipinski definition) is 2. The number of allylic oxidation sites excluding steroid dienone is 1. The Morgan fingerprint density at radius 2 is 2.06 bits per heavy atom. The molecule has 0 fully saturated rings. The molecule has 1 aromatic rings. The van der Waals surface area contributed by atoms with Gasteiger partial charge in [-0.15, -0.1) is 0 Å². The first-order valence-corrected chi connectivity index (χ1v) is 5.99. The van der Waals surface area contributed by atoms with Crippen molar-refractivity contribution in [3.05, 3.63) is 41.0 Å². The van der Waals surface area contributed by atoms with E-state index < -0.39 is 0 Å². The smallest absolute Gasteiger partial charge is 0.336 e. The van der Waals surface area contributed by atoms with Crippen LogP contribution in [-0.2, 0) is 11.2 Å². The Hall–Kier alpha value is -1.57. The van der Waals surface area contributed by atoms with Crippen LogP contribution in [0, 0.1) is 6.92 Å². The van der Waals surface area contributed by atoms with Crippen LogP contribution in [0.5, 0.6) is 5.75 Å². The molecule has 0 radical (unpaired) electrons. The molecule has 0 aliphatic rings. The summed E-state index contributed by atoms with van der Waals surface area (Å²) in [5.74, 6) is 0.361. The van der Waals surface area contributed by atoms with Gasteiger partial charge in [0.1, 0.15) is 5.75 Å². The van der Waals surface area contributed by atoms with E-state index in [1.54, 1.807) is 0 Å². The standard InChI is InChI=1S/C15H20O2/c1-5-7-13-8-6-9-14(12(13)4)17-15(16)10-11(2)3/h6,8-10H,5,7H2,1-4H3. The Labute approximate surface area is 103 Å². The molecule has 92 valence electrons. The summed E-state index contributed by atoms with van der Waals surface area (Å²) in [6, 6.07) is 5.85. The van der Waals surface area contributed by atoms with Gasteiger partial charge in [0.05, 0.1) is 0 Å². The Bertz CT molecular complexity index is 427. The van der Waals surface area contributed by atoms with E-state index in [-0.39, 0.29) is 5.97 Å². The van der Waals surface area contributed by atoms with Crippen LogP contribution in [0.15, 0.2) is 29.8 Å². The number of rotatable bonds is 4. The quantitative estimate of drug-likeness (QED) is 0.448. The molecular weight excluding hydrogens is 212 g/mol. The van der Waals surface area contributed by atoms with Gasteiger partial charge in [0.2, 0.25) is 0 Å². The predicted octanol–water partition coefficient (Wildman–Crippen LogP) is 3.82. The van der Waals surface area contributed by atoms with Gasteiger partial charge in [0, 0.05) is 6.08 Å². The molecule has 0 saturated heterocycles. The minimum Gasteiger partial charge on any atom is -0.423 e. The van der Waals surface area contributed by atoms with E-state index in [9.17, 15) is 4.79 Å². The summed E-state index contributed by atoms with van der Waals surface area (Å²) < 4.78 is 5.33. The van der Waals surface area contributed by atoms with Gasteiger partial charge in [-0.05, 0) is 44.4 Å². The van der Waals surface area contributed by atoms with E-state index in [4.69, 9.17) is 4.74 Å². The highest BCUT2D eigenvalue weighted by Gasteiger charge is 2.07. The average Bonchev–Trinajstić information content (AvgIpc) is 2.23. The van der Waals surface area contributed by atoms with E-state index >= 15 is 0 Å². The summed E-state index contributed by atoms with van der Waals surface area (Å²) >= 11 is 0. The molecule has 2 heteroatoms. The number of carbonyl (C=O) groups excluding carboxylic acids is 1. The minimum absolute atomic E-state index is 0.304. The third-order valence-corrected chi connectivity index (χ3v) is 2.53. The fraction of sp³-hybridized carbons (Fsp3) is 0.400. The van der Waals surface area contributed by atoms with Gasteiger partial charge in [0.25, 0.3) is 0 Å². The molecule has 0 spiro atoms. The summed E-state index contributed by atoms with van der Waals surface area (Å²) in [6.07, 6.45) is 3.61. The second kappa shape index (κ2) is 6.24. The molecule has 0 N–H and O–H groups in total. The van der Waals surface area contributed by atoms with E-state index in [1.165, 1.54) is 11.6 Å². The molecule has 0 saturated carbocycles. The van der Waals surface area contributed by atoms with Crippen molar-refractivity contribution in [3.63, 3.8) is 0 Å². The summed E-state index contributed by atoms with van der Waals surface area (Å²) in [5.41, 5.74) is 3.25. The minimum atomic E-state index is -0.304. The van der Waals surface area contributed by atoms with E-state index in [1.807, 2.05) is 32.9 Å². The Kier molecular flexibility index (Phi) is 4.95. The SMILES string of the molecule is CCCc1cccc(OC(=O)C=C(C)C)c1C. The maximum absolute atomic E-state index is 11.5. The number of hydrogen-bond donors (Lipinski definition) is 0. The van der Waals surface area contributed by atoms with Crippen molar-refractivity contribution in [2.45, 2.75) is 40.5 Å². The topological polar surface area (TPSA) is 26.3 Å². The van der Waals surface area contributed by atoms with Crippen LogP contribution < -0.4 is 4.74 Å². The second-order valence-electron chi connectivity index (χ2n) is 4.43. The lowest BCUT2D eigenvalue weighted by atomic mass is 10.0. The van der Waals surface area contributed by atoms with Crippen molar-refractivity contribution in [1.29, 1.82) is 0 Å². The van der Waals surface area contributed by atoms with E-state index in [2.05, 4.69) is 13.0 Å². The maximum atomic E-state index is 11.5. The monoisotopic (exact) mass is 232 g/mol. The molecule has 0 atom stereocenters. The molecule has 0 aliphatic heterocycles. The van der Waals surface area contributed by atoms with Crippen LogP contribution in [0.25, 0.3) is 0 Å². The summed E-state index contributed by atoms with van der Waals surface area (Å²) in [4.78, 5) is 11.5. The molecule has 0 aromatic heterocycles. The number of esters is 1. The van der Waals surface area contributed by atoms with Crippen LogP contribution in [-0.4, -0.2) is 5.97 Å². The Balaban J connectivity index is 2.88. The summed E-state index contributed by atoms with van der Waals surface area (Å²) in [7, 11) is 0. The lowest BCUT2D eigenvalue weighted by Crippen LogP contribution is -2.06. The molecule has 2 nitrogen and oxygen atoms in total. The van der Waals surface area contributed by atoms with Crippen molar-refractivity contribution >= 4 is 5.97 Å². The molecule has 1 rings (SSSR count). The Morgan fingerprint density at radius 1 is 1.35 bits per heavy atom. The normalized spacial score (nSPS) is 9.88. The van der Waals surface area contributed by atoms with Crippen LogP contribution >= 0.6 is 0 Å². The lowest BCUT2D eigenvalue weighted by molar-refractivity contribution is -0.129. The van der Waals surface area contributed by atoms with Crippen LogP contribution in [0.1, 0.15) is 38.3 Å². The molecule has 1 aromatic carbocycles. The van der Waals surface area contributed by atoms with Crippen molar-refractivity contribution < 1.29 is 9.53 Å². The fourth-order valence-corrected chi connectivity index (χ4v) is 1.68. The van der Waals surface area contributed by atoms with Crippen molar-refractivity contribution in [1.82, 2.24) is 0 Å². The van der Waals surface area contributed by atoms with Gasteiger partial charge >= 0.3 is 5.97 Å². The van der Waals surface area contributed by atoms with Gasteiger partial charge in [-0.25, -0.2) is 4.79 Å². The third kappa shape index (κ3) is 4.06. The van der Waals surface area contributed by atoms with Crippen LogP contribution in [0.4, 0.5) is 0 Å². The van der Waals surface area contributed by atoms with Crippen molar-refractivity contribution in [3.8, 4) is 5.75 Å². The first-order valence-electron chi connectivity index (χ1n) is 5.99. The van der Waals surface area contributed by atoms with Crippen LogP contribution in [0.3, 0.4) is 0 Å². The zero-order chi connectivity index (χ0) is 12.8. The van der Waals surface area contributed by atoms with Gasteiger partial charge in [-0.2, -0.15) is 0 Å². The second-order valence-corrected chi connectivity index (χ2v) is 4.43. The number of benzene rings is 1. The van der Waals surface area contributed by atoms with Crippen molar-refractivity contribution in [2.24, 2.45) is 0 Å². The third-order valence-electron chi connectivity index (χ3n) is 2.53. The maximum Gasteiger partial charge on any atom is 0.336 e. The zero-order valence-electron chi connectivity index (χ0n) is 11.0. The van der Waals surface area contributed by atoms with E-state index in [0.717, 1.165) is 24.0 Å². The van der Waals surface area contributed by atoms with Gasteiger partial charge in [0.15, 0.2) is 0 Å².